The lowest BCUT2D eigenvalue weighted by Gasteiger charge is -2.31. The summed E-state index contributed by atoms with van der Waals surface area (Å²) in [6.07, 6.45) is 6.25. The number of allylic oxidation sites excluding steroid dienone is 3. The predicted molar refractivity (Wildman–Crippen MR) is 66.2 cm³/mol. The predicted octanol–water partition coefficient (Wildman–Crippen LogP) is 3.28. The maximum Gasteiger partial charge on any atom is 0.166 e. The molecule has 1 aliphatic carbocycles. The standard InChI is InChI=1S/C15H16O/c1-3-11-15(12(2)9-10-14(15)16)13-7-5-4-6-8-13/h3-10,12H,1,11H2,2H3/t12-,15+/m1/s1. The molecule has 2 rings (SSSR count). The first-order chi connectivity index (χ1) is 7.71. The fourth-order valence-corrected chi connectivity index (χ4v) is 2.54. The molecule has 2 atom stereocenters. The second kappa shape index (κ2) is 4.09. The zero-order chi connectivity index (χ0) is 11.6. The SMILES string of the molecule is C=CC[C@]1(c2ccccc2)C(=O)C=C[C@H]1C. The minimum absolute atomic E-state index is 0.200. The molecule has 1 aromatic carbocycles. The lowest BCUT2D eigenvalue weighted by atomic mass is 9.69. The summed E-state index contributed by atoms with van der Waals surface area (Å²) in [5, 5.41) is 0. The first kappa shape index (κ1) is 10.9. The van der Waals surface area contributed by atoms with E-state index in [0.717, 1.165) is 5.56 Å². The second-order valence-electron chi connectivity index (χ2n) is 4.34. The largest absolute Gasteiger partial charge is 0.294 e. The highest BCUT2D eigenvalue weighted by Gasteiger charge is 2.44. The number of carbonyl (C=O) groups is 1. The van der Waals surface area contributed by atoms with Crippen molar-refractivity contribution < 1.29 is 4.79 Å². The lowest BCUT2D eigenvalue weighted by Crippen LogP contribution is -2.36. The van der Waals surface area contributed by atoms with Crippen LogP contribution in [0, 0.1) is 5.92 Å². The molecule has 1 aliphatic rings. The maximum atomic E-state index is 12.2. The van der Waals surface area contributed by atoms with Gasteiger partial charge in [-0.2, -0.15) is 0 Å². The summed E-state index contributed by atoms with van der Waals surface area (Å²) in [6.45, 7) is 5.88. The zero-order valence-electron chi connectivity index (χ0n) is 9.52. The molecule has 0 N–H and O–H groups in total. The molecule has 1 heteroatoms. The summed E-state index contributed by atoms with van der Waals surface area (Å²) in [4.78, 5) is 12.2. The van der Waals surface area contributed by atoms with Gasteiger partial charge in [0.2, 0.25) is 0 Å². The van der Waals surface area contributed by atoms with E-state index in [1.54, 1.807) is 6.08 Å². The van der Waals surface area contributed by atoms with Crippen LogP contribution in [0.4, 0.5) is 0 Å². The van der Waals surface area contributed by atoms with Crippen LogP contribution in [0.3, 0.4) is 0 Å². The van der Waals surface area contributed by atoms with Crippen molar-refractivity contribution in [3.8, 4) is 0 Å². The van der Waals surface area contributed by atoms with Crippen LogP contribution in [0.5, 0.6) is 0 Å². The molecular formula is C15H16O. The van der Waals surface area contributed by atoms with Crippen LogP contribution in [0.2, 0.25) is 0 Å². The van der Waals surface area contributed by atoms with Crippen molar-refractivity contribution in [1.82, 2.24) is 0 Å². The third-order valence-corrected chi connectivity index (χ3v) is 3.51. The second-order valence-corrected chi connectivity index (χ2v) is 4.34. The van der Waals surface area contributed by atoms with Gasteiger partial charge in [0, 0.05) is 0 Å². The van der Waals surface area contributed by atoms with Gasteiger partial charge in [0.05, 0.1) is 5.41 Å². The van der Waals surface area contributed by atoms with Crippen LogP contribution in [-0.4, -0.2) is 5.78 Å². The van der Waals surface area contributed by atoms with Gasteiger partial charge in [-0.15, -0.1) is 6.58 Å². The zero-order valence-corrected chi connectivity index (χ0v) is 9.52. The Labute approximate surface area is 96.5 Å². The van der Waals surface area contributed by atoms with E-state index in [0.29, 0.717) is 6.42 Å². The Hall–Kier alpha value is -1.63. The van der Waals surface area contributed by atoms with Gasteiger partial charge in [-0.25, -0.2) is 0 Å². The average molecular weight is 212 g/mol. The van der Waals surface area contributed by atoms with Gasteiger partial charge >= 0.3 is 0 Å². The van der Waals surface area contributed by atoms with E-state index in [2.05, 4.69) is 13.5 Å². The number of benzene rings is 1. The minimum Gasteiger partial charge on any atom is -0.294 e. The summed E-state index contributed by atoms with van der Waals surface area (Å²) < 4.78 is 0. The van der Waals surface area contributed by atoms with Crippen molar-refractivity contribution in [3.63, 3.8) is 0 Å². The molecule has 0 aromatic heterocycles. The van der Waals surface area contributed by atoms with Gasteiger partial charge in [0.25, 0.3) is 0 Å². The Morgan fingerprint density at radius 3 is 2.56 bits per heavy atom. The molecule has 1 nitrogen and oxygen atoms in total. The highest BCUT2D eigenvalue weighted by Crippen LogP contribution is 2.42. The highest BCUT2D eigenvalue weighted by molar-refractivity contribution is 6.02. The Balaban J connectivity index is 2.52. The molecule has 82 valence electrons. The fourth-order valence-electron chi connectivity index (χ4n) is 2.54. The number of rotatable bonds is 3. The molecule has 0 fully saturated rings. The van der Waals surface area contributed by atoms with Crippen molar-refractivity contribution in [2.75, 3.05) is 0 Å². The van der Waals surface area contributed by atoms with Crippen LogP contribution in [-0.2, 0) is 10.2 Å². The summed E-state index contributed by atoms with van der Waals surface area (Å²) in [7, 11) is 0. The molecule has 0 saturated carbocycles. The Morgan fingerprint density at radius 1 is 1.38 bits per heavy atom. The first-order valence-electron chi connectivity index (χ1n) is 5.61. The normalized spacial score (nSPS) is 28.3. The lowest BCUT2D eigenvalue weighted by molar-refractivity contribution is -0.119. The van der Waals surface area contributed by atoms with Crippen LogP contribution in [0.1, 0.15) is 18.9 Å². The Morgan fingerprint density at radius 2 is 2.06 bits per heavy atom. The van der Waals surface area contributed by atoms with Gasteiger partial charge < -0.3 is 0 Å². The molecule has 0 aliphatic heterocycles. The topological polar surface area (TPSA) is 17.1 Å². The Kier molecular flexibility index (Phi) is 2.78. The van der Waals surface area contributed by atoms with E-state index >= 15 is 0 Å². The van der Waals surface area contributed by atoms with Crippen molar-refractivity contribution in [1.29, 1.82) is 0 Å². The van der Waals surface area contributed by atoms with E-state index in [9.17, 15) is 4.79 Å². The van der Waals surface area contributed by atoms with Crippen molar-refractivity contribution in [3.05, 3.63) is 60.7 Å². The molecule has 0 heterocycles. The molecule has 1 aromatic rings. The highest BCUT2D eigenvalue weighted by atomic mass is 16.1. The third-order valence-electron chi connectivity index (χ3n) is 3.51. The molecular weight excluding hydrogens is 196 g/mol. The van der Waals surface area contributed by atoms with Gasteiger partial charge in [-0.3, -0.25) is 4.79 Å². The van der Waals surface area contributed by atoms with Crippen LogP contribution in [0.15, 0.2) is 55.1 Å². The van der Waals surface area contributed by atoms with Crippen molar-refractivity contribution in [2.45, 2.75) is 18.8 Å². The number of carbonyl (C=O) groups excluding carboxylic acids is 1. The quantitative estimate of drug-likeness (QED) is 0.703. The van der Waals surface area contributed by atoms with Gasteiger partial charge in [0.15, 0.2) is 5.78 Å². The van der Waals surface area contributed by atoms with Crippen molar-refractivity contribution in [2.24, 2.45) is 5.92 Å². The van der Waals surface area contributed by atoms with Crippen LogP contribution >= 0.6 is 0 Å². The minimum atomic E-state index is -0.414. The maximum absolute atomic E-state index is 12.2. The van der Waals surface area contributed by atoms with E-state index in [1.807, 2.05) is 42.5 Å². The smallest absolute Gasteiger partial charge is 0.166 e. The third kappa shape index (κ3) is 1.44. The van der Waals surface area contributed by atoms with Crippen LogP contribution in [0.25, 0.3) is 0 Å². The molecule has 0 saturated heterocycles. The molecule has 0 bridgehead atoms. The van der Waals surface area contributed by atoms with Gasteiger partial charge in [-0.1, -0.05) is 49.4 Å². The fraction of sp³-hybridized carbons (Fsp3) is 0.267. The molecule has 0 radical (unpaired) electrons. The molecule has 0 amide bonds. The van der Waals surface area contributed by atoms with Crippen LogP contribution < -0.4 is 0 Å². The number of ketones is 1. The van der Waals surface area contributed by atoms with E-state index in [-0.39, 0.29) is 11.7 Å². The van der Waals surface area contributed by atoms with Crippen molar-refractivity contribution >= 4 is 5.78 Å². The van der Waals surface area contributed by atoms with E-state index in [4.69, 9.17) is 0 Å². The monoisotopic (exact) mass is 212 g/mol. The molecule has 0 unspecified atom stereocenters. The molecule has 16 heavy (non-hydrogen) atoms. The van der Waals surface area contributed by atoms with Gasteiger partial charge in [0.1, 0.15) is 0 Å². The van der Waals surface area contributed by atoms with E-state index in [1.165, 1.54) is 0 Å². The summed E-state index contributed by atoms with van der Waals surface area (Å²) >= 11 is 0. The molecule has 0 spiro atoms. The summed E-state index contributed by atoms with van der Waals surface area (Å²) in [6, 6.07) is 10.0. The summed E-state index contributed by atoms with van der Waals surface area (Å²) in [5.41, 5.74) is 0.681. The van der Waals surface area contributed by atoms with E-state index < -0.39 is 5.41 Å². The first-order valence-corrected chi connectivity index (χ1v) is 5.61. The van der Waals surface area contributed by atoms with Gasteiger partial charge in [-0.05, 0) is 24.0 Å². The summed E-state index contributed by atoms with van der Waals surface area (Å²) in [5.74, 6) is 0.437. The number of hydrogen-bond donors (Lipinski definition) is 0. The average Bonchev–Trinajstić information content (AvgIpc) is 2.60. The number of hydrogen-bond acceptors (Lipinski definition) is 1. The Bertz CT molecular complexity index is 430.